The second-order valence-corrected chi connectivity index (χ2v) is 7.77. The number of methoxy groups -OCH3 is 2. The van der Waals surface area contributed by atoms with Crippen LogP contribution in [0.5, 0.6) is 5.75 Å². The van der Waals surface area contributed by atoms with Crippen molar-refractivity contribution in [1.29, 1.82) is 0 Å². The van der Waals surface area contributed by atoms with Gasteiger partial charge in [0, 0.05) is 45.4 Å². The molecule has 3 heterocycles. The molecule has 0 radical (unpaired) electrons. The van der Waals surface area contributed by atoms with Crippen molar-refractivity contribution in [3.05, 3.63) is 65.7 Å². The van der Waals surface area contributed by atoms with Crippen LogP contribution < -0.4 is 4.74 Å². The van der Waals surface area contributed by atoms with E-state index in [1.54, 1.807) is 7.11 Å². The van der Waals surface area contributed by atoms with Gasteiger partial charge in [0.05, 0.1) is 13.2 Å². The van der Waals surface area contributed by atoms with E-state index in [4.69, 9.17) is 9.47 Å². The SMILES string of the molecule is COc1ccc(CN2C[C@@H]3CC[C@@H](OC)[C@H]2CN3Cc2ccccc2)cc1. The number of benzene rings is 2. The van der Waals surface area contributed by atoms with Crippen molar-refractivity contribution < 1.29 is 9.47 Å². The fraction of sp³-hybridized carbons (Fsp3) is 0.478. The molecule has 0 unspecified atom stereocenters. The van der Waals surface area contributed by atoms with Gasteiger partial charge in [0.15, 0.2) is 0 Å². The third-order valence-electron chi connectivity index (χ3n) is 6.14. The van der Waals surface area contributed by atoms with E-state index in [0.29, 0.717) is 18.2 Å². The lowest BCUT2D eigenvalue weighted by Crippen LogP contribution is -2.58. The van der Waals surface area contributed by atoms with Crippen molar-refractivity contribution in [2.75, 3.05) is 27.3 Å². The molecular weight excluding hydrogens is 336 g/mol. The molecular formula is C23H30N2O2. The summed E-state index contributed by atoms with van der Waals surface area (Å²) in [6, 6.07) is 20.4. The molecule has 0 aliphatic carbocycles. The summed E-state index contributed by atoms with van der Waals surface area (Å²) in [4.78, 5) is 5.30. The van der Waals surface area contributed by atoms with E-state index < -0.39 is 0 Å². The van der Waals surface area contributed by atoms with Gasteiger partial charge >= 0.3 is 0 Å². The zero-order chi connectivity index (χ0) is 18.6. The van der Waals surface area contributed by atoms with Gasteiger partial charge in [-0.2, -0.15) is 0 Å². The van der Waals surface area contributed by atoms with E-state index in [2.05, 4.69) is 64.4 Å². The summed E-state index contributed by atoms with van der Waals surface area (Å²) in [7, 11) is 3.59. The normalized spacial score (nSPS) is 26.1. The van der Waals surface area contributed by atoms with E-state index in [9.17, 15) is 0 Å². The highest BCUT2D eigenvalue weighted by Gasteiger charge is 2.41. The molecule has 5 rings (SSSR count). The molecule has 0 amide bonds. The van der Waals surface area contributed by atoms with Crippen LogP contribution >= 0.6 is 0 Å². The first-order chi connectivity index (χ1) is 13.3. The lowest BCUT2D eigenvalue weighted by atomic mass is 10.0. The number of piperazine rings is 1. The maximum atomic E-state index is 5.92. The minimum Gasteiger partial charge on any atom is -0.497 e. The van der Waals surface area contributed by atoms with Crippen molar-refractivity contribution in [3.8, 4) is 5.75 Å². The van der Waals surface area contributed by atoms with Crippen LogP contribution in [0.1, 0.15) is 24.0 Å². The number of ether oxygens (including phenoxy) is 2. The topological polar surface area (TPSA) is 24.9 Å². The van der Waals surface area contributed by atoms with Crippen molar-refractivity contribution >= 4 is 0 Å². The van der Waals surface area contributed by atoms with E-state index in [1.165, 1.54) is 17.5 Å². The molecule has 0 saturated carbocycles. The standard InChI is InChI=1S/C23H30N2O2/c1-26-21-11-8-19(9-12-21)15-25-16-20-10-13-23(27-2)22(25)17-24(20)14-18-6-4-3-5-7-18/h3-9,11-12,20,22-23H,10,13-17H2,1-2H3/t20-,22+,23+/m0/s1. The van der Waals surface area contributed by atoms with Gasteiger partial charge in [-0.3, -0.25) is 9.80 Å². The quantitative estimate of drug-likeness (QED) is 0.780. The summed E-state index contributed by atoms with van der Waals surface area (Å²) in [5, 5.41) is 0. The number of fused-ring (bicyclic) bond motifs is 4. The molecule has 3 aliphatic rings. The third-order valence-corrected chi connectivity index (χ3v) is 6.14. The number of hydrogen-bond acceptors (Lipinski definition) is 4. The monoisotopic (exact) mass is 366 g/mol. The Kier molecular flexibility index (Phi) is 5.77. The molecule has 0 aromatic heterocycles. The molecule has 0 spiro atoms. The fourth-order valence-electron chi connectivity index (χ4n) is 4.64. The molecule has 3 fully saturated rings. The Morgan fingerprint density at radius 1 is 0.815 bits per heavy atom. The highest BCUT2D eigenvalue weighted by molar-refractivity contribution is 5.27. The van der Waals surface area contributed by atoms with E-state index in [0.717, 1.165) is 38.3 Å². The second kappa shape index (κ2) is 8.42. The highest BCUT2D eigenvalue weighted by atomic mass is 16.5. The number of nitrogens with zero attached hydrogens (tertiary/aromatic N) is 2. The first kappa shape index (κ1) is 18.5. The van der Waals surface area contributed by atoms with Crippen molar-refractivity contribution in [1.82, 2.24) is 9.80 Å². The van der Waals surface area contributed by atoms with Crippen LogP contribution in [0.25, 0.3) is 0 Å². The number of hydrogen-bond donors (Lipinski definition) is 0. The minimum absolute atomic E-state index is 0.314. The zero-order valence-electron chi connectivity index (χ0n) is 16.4. The van der Waals surface area contributed by atoms with Gasteiger partial charge in [-0.1, -0.05) is 42.5 Å². The average molecular weight is 367 g/mol. The first-order valence-electron chi connectivity index (χ1n) is 9.94. The molecule has 4 heteroatoms. The Labute approximate surface area is 162 Å². The van der Waals surface area contributed by atoms with E-state index in [1.807, 2.05) is 7.11 Å². The first-order valence-corrected chi connectivity index (χ1v) is 9.94. The molecule has 27 heavy (non-hydrogen) atoms. The predicted octanol–water partition coefficient (Wildman–Crippen LogP) is 3.56. The largest absolute Gasteiger partial charge is 0.497 e. The van der Waals surface area contributed by atoms with Crippen LogP contribution in [0.4, 0.5) is 0 Å². The Bertz CT molecular complexity index is 719. The van der Waals surface area contributed by atoms with Gasteiger partial charge in [-0.15, -0.1) is 0 Å². The summed E-state index contributed by atoms with van der Waals surface area (Å²) < 4.78 is 11.2. The molecule has 144 valence electrons. The lowest BCUT2D eigenvalue weighted by Gasteiger charge is -2.45. The highest BCUT2D eigenvalue weighted by Crippen LogP contribution is 2.31. The molecule has 2 aromatic carbocycles. The average Bonchev–Trinajstić information content (AvgIpc) is 2.99. The number of rotatable bonds is 6. The predicted molar refractivity (Wildman–Crippen MR) is 108 cm³/mol. The maximum Gasteiger partial charge on any atom is 0.118 e. The van der Waals surface area contributed by atoms with Crippen LogP contribution in [0.15, 0.2) is 54.6 Å². The van der Waals surface area contributed by atoms with Crippen LogP contribution in [-0.2, 0) is 17.8 Å². The Hall–Kier alpha value is -1.88. The molecule has 3 aliphatic heterocycles. The van der Waals surface area contributed by atoms with Crippen LogP contribution in [-0.4, -0.2) is 55.3 Å². The third kappa shape index (κ3) is 4.18. The Morgan fingerprint density at radius 2 is 1.52 bits per heavy atom. The fourth-order valence-corrected chi connectivity index (χ4v) is 4.64. The summed E-state index contributed by atoms with van der Waals surface area (Å²) in [5.41, 5.74) is 2.74. The van der Waals surface area contributed by atoms with Gasteiger partial charge in [0.1, 0.15) is 5.75 Å². The summed E-state index contributed by atoms with van der Waals surface area (Å²) in [5.74, 6) is 0.917. The Morgan fingerprint density at radius 3 is 2.22 bits per heavy atom. The van der Waals surface area contributed by atoms with Crippen molar-refractivity contribution in [2.24, 2.45) is 0 Å². The van der Waals surface area contributed by atoms with E-state index >= 15 is 0 Å². The van der Waals surface area contributed by atoms with Crippen LogP contribution in [0.2, 0.25) is 0 Å². The molecule has 4 nitrogen and oxygen atoms in total. The van der Waals surface area contributed by atoms with Gasteiger partial charge in [-0.05, 0) is 36.1 Å². The van der Waals surface area contributed by atoms with Crippen molar-refractivity contribution in [2.45, 2.75) is 44.1 Å². The summed E-state index contributed by atoms with van der Waals surface area (Å²) >= 11 is 0. The molecule has 2 aromatic rings. The second-order valence-electron chi connectivity index (χ2n) is 7.77. The van der Waals surface area contributed by atoms with Crippen LogP contribution in [0.3, 0.4) is 0 Å². The van der Waals surface area contributed by atoms with Gasteiger partial charge in [-0.25, -0.2) is 0 Å². The molecule has 2 bridgehead atoms. The maximum absolute atomic E-state index is 5.92. The summed E-state index contributed by atoms with van der Waals surface area (Å²) in [6.45, 7) is 4.20. The lowest BCUT2D eigenvalue weighted by molar-refractivity contribution is -0.0276. The summed E-state index contributed by atoms with van der Waals surface area (Å²) in [6.07, 6.45) is 2.67. The zero-order valence-corrected chi connectivity index (χ0v) is 16.4. The molecule has 0 N–H and O–H groups in total. The van der Waals surface area contributed by atoms with Gasteiger partial charge in [0.25, 0.3) is 0 Å². The minimum atomic E-state index is 0.314. The van der Waals surface area contributed by atoms with Gasteiger partial charge in [0.2, 0.25) is 0 Å². The van der Waals surface area contributed by atoms with Gasteiger partial charge < -0.3 is 9.47 Å². The molecule has 3 saturated heterocycles. The smallest absolute Gasteiger partial charge is 0.118 e. The van der Waals surface area contributed by atoms with Crippen molar-refractivity contribution in [3.63, 3.8) is 0 Å². The molecule has 3 atom stereocenters. The van der Waals surface area contributed by atoms with Crippen LogP contribution in [0, 0.1) is 0 Å². The van der Waals surface area contributed by atoms with E-state index in [-0.39, 0.29) is 0 Å². The Balaban J connectivity index is 1.49.